The summed E-state index contributed by atoms with van der Waals surface area (Å²) in [7, 11) is 5.35. The van der Waals surface area contributed by atoms with Gasteiger partial charge in [-0.15, -0.1) is 0 Å². The van der Waals surface area contributed by atoms with Gasteiger partial charge in [0.2, 0.25) is 0 Å². The second-order valence-electron chi connectivity index (χ2n) is 6.64. The van der Waals surface area contributed by atoms with Crippen molar-refractivity contribution in [3.8, 4) is 5.75 Å². The number of benzene rings is 3. The number of carbonyl (C=O) groups excluding carboxylic acids is 1. The molecule has 5 heteroatoms. The van der Waals surface area contributed by atoms with Crippen LogP contribution in [0.1, 0.15) is 22.0 Å². The Morgan fingerprint density at radius 1 is 1.07 bits per heavy atom. The minimum absolute atomic E-state index is 0.142. The molecule has 1 amide bonds. The summed E-state index contributed by atoms with van der Waals surface area (Å²) in [4.78, 5) is 14.8. The second kappa shape index (κ2) is 8.18. The molecule has 0 spiro atoms. The molecule has 4 nitrogen and oxygen atoms in total. The quantitative estimate of drug-likeness (QED) is 0.716. The fourth-order valence-corrected chi connectivity index (χ4v) is 3.16. The Balaban J connectivity index is 1.83. The van der Waals surface area contributed by atoms with Crippen molar-refractivity contribution in [2.45, 2.75) is 6.04 Å². The van der Waals surface area contributed by atoms with Crippen LogP contribution in [0, 0.1) is 5.82 Å². The number of methoxy groups -OCH3 is 1. The van der Waals surface area contributed by atoms with E-state index in [4.69, 9.17) is 4.74 Å². The first kappa shape index (κ1) is 18.9. The van der Waals surface area contributed by atoms with Crippen LogP contribution >= 0.6 is 0 Å². The smallest absolute Gasteiger partial charge is 0.255 e. The first-order valence-corrected chi connectivity index (χ1v) is 8.76. The summed E-state index contributed by atoms with van der Waals surface area (Å²) in [6, 6.07) is 17.8. The fraction of sp³-hybridized carbons (Fsp3) is 0.227. The van der Waals surface area contributed by atoms with E-state index in [1.54, 1.807) is 13.2 Å². The van der Waals surface area contributed by atoms with Crippen LogP contribution < -0.4 is 10.1 Å². The van der Waals surface area contributed by atoms with E-state index in [-0.39, 0.29) is 17.8 Å². The molecule has 3 aromatic carbocycles. The second-order valence-corrected chi connectivity index (χ2v) is 6.64. The molecule has 0 aliphatic rings. The Morgan fingerprint density at radius 3 is 2.41 bits per heavy atom. The van der Waals surface area contributed by atoms with Gasteiger partial charge in [0.1, 0.15) is 11.6 Å². The molecule has 0 aliphatic heterocycles. The maximum Gasteiger partial charge on any atom is 0.255 e. The van der Waals surface area contributed by atoms with Gasteiger partial charge in [0, 0.05) is 6.54 Å². The molecule has 3 aromatic rings. The van der Waals surface area contributed by atoms with E-state index in [9.17, 15) is 9.18 Å². The van der Waals surface area contributed by atoms with Gasteiger partial charge in [-0.2, -0.15) is 0 Å². The van der Waals surface area contributed by atoms with Gasteiger partial charge >= 0.3 is 0 Å². The number of hydrogen-bond donors (Lipinski definition) is 1. The molecule has 0 saturated heterocycles. The summed E-state index contributed by atoms with van der Waals surface area (Å²) >= 11 is 0. The van der Waals surface area contributed by atoms with Crippen molar-refractivity contribution in [2.75, 3.05) is 27.7 Å². The van der Waals surface area contributed by atoms with Crippen LogP contribution in [0.5, 0.6) is 5.75 Å². The first-order valence-electron chi connectivity index (χ1n) is 8.76. The number of fused-ring (bicyclic) bond motifs is 1. The molecule has 0 fully saturated rings. The summed E-state index contributed by atoms with van der Waals surface area (Å²) in [5, 5.41) is 4.94. The molecule has 0 aliphatic carbocycles. The number of amides is 1. The maximum atomic E-state index is 13.6. The van der Waals surface area contributed by atoms with Crippen molar-refractivity contribution < 1.29 is 13.9 Å². The van der Waals surface area contributed by atoms with Crippen molar-refractivity contribution in [2.24, 2.45) is 0 Å². The molecule has 0 radical (unpaired) electrons. The number of ether oxygens (including phenoxy) is 1. The number of hydrogen-bond acceptors (Lipinski definition) is 3. The lowest BCUT2D eigenvalue weighted by Crippen LogP contribution is -2.34. The highest BCUT2D eigenvalue weighted by atomic mass is 19.1. The monoisotopic (exact) mass is 366 g/mol. The van der Waals surface area contributed by atoms with Crippen molar-refractivity contribution in [1.29, 1.82) is 0 Å². The van der Waals surface area contributed by atoms with Gasteiger partial charge in [0.05, 0.1) is 18.7 Å². The minimum atomic E-state index is -0.290. The molecule has 0 aromatic heterocycles. The summed E-state index contributed by atoms with van der Waals surface area (Å²) in [5.74, 6) is 0.0149. The number of nitrogens with zero attached hydrogens (tertiary/aromatic N) is 1. The van der Waals surface area contributed by atoms with E-state index in [2.05, 4.69) is 5.32 Å². The Morgan fingerprint density at radius 2 is 1.78 bits per heavy atom. The fourth-order valence-electron chi connectivity index (χ4n) is 3.16. The number of nitrogens with one attached hydrogen (secondary N) is 1. The number of halogens is 1. The molecular formula is C22H23FN2O2. The van der Waals surface area contributed by atoms with Crippen LogP contribution in [0.25, 0.3) is 10.8 Å². The first-order chi connectivity index (χ1) is 13.0. The van der Waals surface area contributed by atoms with Crippen LogP contribution in [-0.2, 0) is 0 Å². The molecule has 1 atom stereocenters. The lowest BCUT2D eigenvalue weighted by molar-refractivity contribution is 0.0939. The van der Waals surface area contributed by atoms with Gasteiger partial charge in [-0.25, -0.2) is 4.39 Å². The summed E-state index contributed by atoms with van der Waals surface area (Å²) in [6.07, 6.45) is 0. The van der Waals surface area contributed by atoms with E-state index in [1.807, 2.05) is 61.5 Å². The molecule has 3 rings (SSSR count). The summed E-state index contributed by atoms with van der Waals surface area (Å²) < 4.78 is 19.0. The van der Waals surface area contributed by atoms with Gasteiger partial charge in [-0.1, -0.05) is 36.4 Å². The highest BCUT2D eigenvalue weighted by molar-refractivity contribution is 6.01. The van der Waals surface area contributed by atoms with Crippen molar-refractivity contribution in [1.82, 2.24) is 10.2 Å². The van der Waals surface area contributed by atoms with Crippen molar-refractivity contribution >= 4 is 16.7 Å². The van der Waals surface area contributed by atoms with Crippen LogP contribution in [0.4, 0.5) is 4.39 Å². The Labute approximate surface area is 158 Å². The van der Waals surface area contributed by atoms with Crippen LogP contribution in [0.15, 0.2) is 60.7 Å². The topological polar surface area (TPSA) is 41.6 Å². The highest BCUT2D eigenvalue weighted by Gasteiger charge is 2.18. The zero-order valence-corrected chi connectivity index (χ0v) is 15.7. The van der Waals surface area contributed by atoms with Gasteiger partial charge in [-0.3, -0.25) is 4.79 Å². The third kappa shape index (κ3) is 4.26. The van der Waals surface area contributed by atoms with Crippen molar-refractivity contribution in [3.05, 3.63) is 77.6 Å². The third-order valence-electron chi connectivity index (χ3n) is 4.63. The lowest BCUT2D eigenvalue weighted by Gasteiger charge is -2.25. The van der Waals surface area contributed by atoms with Crippen LogP contribution in [-0.4, -0.2) is 38.6 Å². The summed E-state index contributed by atoms with van der Waals surface area (Å²) in [5.41, 5.74) is 1.29. The van der Waals surface area contributed by atoms with Crippen LogP contribution in [0.2, 0.25) is 0 Å². The zero-order valence-electron chi connectivity index (χ0n) is 15.7. The van der Waals surface area contributed by atoms with Crippen LogP contribution in [0.3, 0.4) is 0 Å². The predicted molar refractivity (Wildman–Crippen MR) is 106 cm³/mol. The van der Waals surface area contributed by atoms with Gasteiger partial charge in [0.25, 0.3) is 5.91 Å². The van der Waals surface area contributed by atoms with Gasteiger partial charge in [0.15, 0.2) is 0 Å². The minimum Gasteiger partial charge on any atom is -0.496 e. The van der Waals surface area contributed by atoms with E-state index in [0.29, 0.717) is 17.9 Å². The maximum absolute atomic E-state index is 13.6. The number of likely N-dealkylation sites (N-methyl/N-ethyl adjacent to an activating group) is 1. The average Bonchev–Trinajstić information content (AvgIpc) is 2.66. The number of carbonyl (C=O) groups is 1. The molecular weight excluding hydrogens is 343 g/mol. The number of rotatable bonds is 6. The normalized spacial score (nSPS) is 12.2. The molecule has 0 heterocycles. The van der Waals surface area contributed by atoms with Gasteiger partial charge in [-0.05, 0) is 54.7 Å². The zero-order chi connectivity index (χ0) is 19.4. The Kier molecular flexibility index (Phi) is 5.72. The lowest BCUT2D eigenvalue weighted by atomic mass is 10.0. The molecule has 1 N–H and O–H groups in total. The molecule has 0 saturated carbocycles. The predicted octanol–water partition coefficient (Wildman–Crippen LogP) is 4.02. The van der Waals surface area contributed by atoms with E-state index in [0.717, 1.165) is 16.3 Å². The van der Waals surface area contributed by atoms with E-state index in [1.165, 1.54) is 12.1 Å². The highest BCUT2D eigenvalue weighted by Crippen LogP contribution is 2.26. The standard InChI is InChI=1S/C22H23FN2O2/c1-25(2)20(17-9-6-10-18(23)11-17)14-24-22(26)19-12-15-7-4-5-8-16(15)13-21(19)27-3/h4-13,20H,14H2,1-3H3,(H,24,26)/t20-/m0/s1. The Bertz CT molecular complexity index is 956. The molecule has 27 heavy (non-hydrogen) atoms. The Hall–Kier alpha value is -2.92. The van der Waals surface area contributed by atoms with E-state index < -0.39 is 0 Å². The SMILES string of the molecule is COc1cc2ccccc2cc1C(=O)NC[C@@H](c1cccc(F)c1)N(C)C. The van der Waals surface area contributed by atoms with E-state index >= 15 is 0 Å². The molecule has 0 bridgehead atoms. The van der Waals surface area contributed by atoms with Crippen molar-refractivity contribution in [3.63, 3.8) is 0 Å². The molecule has 0 unspecified atom stereocenters. The van der Waals surface area contributed by atoms with Gasteiger partial charge < -0.3 is 15.0 Å². The average molecular weight is 366 g/mol. The summed E-state index contributed by atoms with van der Waals surface area (Å²) in [6.45, 7) is 0.352. The largest absolute Gasteiger partial charge is 0.496 e. The third-order valence-corrected chi connectivity index (χ3v) is 4.63. The molecule has 140 valence electrons.